The third-order valence-corrected chi connectivity index (χ3v) is 3.66. The average molecular weight is 334 g/mol. The molecule has 0 radical (unpaired) electrons. The summed E-state index contributed by atoms with van der Waals surface area (Å²) >= 11 is 3.48. The molecule has 20 heavy (non-hydrogen) atoms. The monoisotopic (exact) mass is 333 g/mol. The van der Waals surface area contributed by atoms with Crippen LogP contribution in [-0.2, 0) is 6.42 Å². The first-order valence-corrected chi connectivity index (χ1v) is 7.65. The van der Waals surface area contributed by atoms with Crippen molar-refractivity contribution in [2.24, 2.45) is 0 Å². The molecule has 0 spiro atoms. The van der Waals surface area contributed by atoms with Crippen LogP contribution in [0.3, 0.4) is 0 Å². The van der Waals surface area contributed by atoms with Gasteiger partial charge in [-0.3, -0.25) is 0 Å². The van der Waals surface area contributed by atoms with E-state index in [0.29, 0.717) is 0 Å². The molecule has 1 aromatic heterocycles. The predicted octanol–water partition coefficient (Wildman–Crippen LogP) is 4.58. The summed E-state index contributed by atoms with van der Waals surface area (Å²) in [6, 6.07) is 8.41. The molecule has 2 rings (SSSR count). The molecule has 0 saturated carbocycles. The number of benzene rings is 1. The second-order valence-electron chi connectivity index (χ2n) is 5.06. The molecule has 3 nitrogen and oxygen atoms in total. The fraction of sp³-hybridized carbons (Fsp3) is 0.375. The molecule has 0 unspecified atom stereocenters. The fourth-order valence-corrected chi connectivity index (χ4v) is 2.67. The Morgan fingerprint density at radius 3 is 2.55 bits per heavy atom. The highest BCUT2D eigenvalue weighted by Gasteiger charge is 2.11. The van der Waals surface area contributed by atoms with Crippen molar-refractivity contribution in [2.45, 2.75) is 33.6 Å². The molecule has 0 N–H and O–H groups in total. The van der Waals surface area contributed by atoms with Crippen LogP contribution in [0.15, 0.2) is 28.9 Å². The van der Waals surface area contributed by atoms with Crippen LogP contribution >= 0.6 is 15.9 Å². The van der Waals surface area contributed by atoms with E-state index in [0.717, 1.165) is 29.1 Å². The summed E-state index contributed by atoms with van der Waals surface area (Å²) in [7, 11) is 2.04. The van der Waals surface area contributed by atoms with Gasteiger partial charge in [-0.2, -0.15) is 0 Å². The highest BCUT2D eigenvalue weighted by atomic mass is 79.9. The largest absolute Gasteiger partial charge is 0.329 e. The number of hydrogen-bond acceptors (Lipinski definition) is 3. The maximum absolute atomic E-state index is 4.65. The van der Waals surface area contributed by atoms with Gasteiger partial charge < -0.3 is 4.90 Å². The Morgan fingerprint density at radius 2 is 1.90 bits per heavy atom. The van der Waals surface area contributed by atoms with E-state index < -0.39 is 0 Å². The van der Waals surface area contributed by atoms with Crippen molar-refractivity contribution in [1.29, 1.82) is 0 Å². The second-order valence-corrected chi connectivity index (χ2v) is 5.88. The van der Waals surface area contributed by atoms with E-state index in [-0.39, 0.29) is 0 Å². The van der Waals surface area contributed by atoms with Crippen LogP contribution in [0.4, 0.5) is 11.5 Å². The topological polar surface area (TPSA) is 29.0 Å². The first-order valence-electron chi connectivity index (χ1n) is 6.85. The minimum Gasteiger partial charge on any atom is -0.329 e. The minimum atomic E-state index is 0.836. The number of aryl methyl sites for hydroxylation is 3. The van der Waals surface area contributed by atoms with Gasteiger partial charge in [0.1, 0.15) is 16.2 Å². The quantitative estimate of drug-likeness (QED) is 0.767. The SMILES string of the molecule is CCCc1nc(Br)cc(N(C)c2ccc(C)cc2C)n1. The molecule has 1 aromatic carbocycles. The van der Waals surface area contributed by atoms with Gasteiger partial charge in [0.05, 0.1) is 0 Å². The Morgan fingerprint density at radius 1 is 1.15 bits per heavy atom. The normalized spacial score (nSPS) is 10.7. The lowest BCUT2D eigenvalue weighted by Gasteiger charge is -2.21. The van der Waals surface area contributed by atoms with Gasteiger partial charge in [-0.25, -0.2) is 9.97 Å². The minimum absolute atomic E-state index is 0.836. The Bertz CT molecular complexity index is 611. The summed E-state index contributed by atoms with van der Waals surface area (Å²) in [4.78, 5) is 11.2. The molecule has 0 amide bonds. The zero-order valence-corrected chi connectivity index (χ0v) is 14.0. The third kappa shape index (κ3) is 3.37. The van der Waals surface area contributed by atoms with Crippen molar-refractivity contribution in [1.82, 2.24) is 9.97 Å². The molecule has 0 aliphatic heterocycles. The maximum Gasteiger partial charge on any atom is 0.137 e. The smallest absolute Gasteiger partial charge is 0.137 e. The van der Waals surface area contributed by atoms with Gasteiger partial charge in [0, 0.05) is 25.2 Å². The standard InChI is InChI=1S/C16H20BrN3/c1-5-6-15-18-14(17)10-16(19-15)20(4)13-8-7-11(2)9-12(13)3/h7-10H,5-6H2,1-4H3. The van der Waals surface area contributed by atoms with Crippen molar-refractivity contribution in [3.8, 4) is 0 Å². The number of nitrogens with zero attached hydrogens (tertiary/aromatic N) is 3. The molecule has 1 heterocycles. The van der Waals surface area contributed by atoms with Crippen LogP contribution in [0, 0.1) is 13.8 Å². The van der Waals surface area contributed by atoms with E-state index in [1.54, 1.807) is 0 Å². The van der Waals surface area contributed by atoms with Crippen LogP contribution in [0.25, 0.3) is 0 Å². The zero-order chi connectivity index (χ0) is 14.7. The van der Waals surface area contributed by atoms with Gasteiger partial charge in [0.2, 0.25) is 0 Å². The molecule has 0 bridgehead atoms. The van der Waals surface area contributed by atoms with Crippen LogP contribution in [0.1, 0.15) is 30.3 Å². The van der Waals surface area contributed by atoms with Crippen LogP contribution < -0.4 is 4.90 Å². The lowest BCUT2D eigenvalue weighted by Crippen LogP contribution is -2.14. The molecule has 4 heteroatoms. The van der Waals surface area contributed by atoms with E-state index in [4.69, 9.17) is 0 Å². The van der Waals surface area contributed by atoms with Gasteiger partial charge in [0.25, 0.3) is 0 Å². The van der Waals surface area contributed by atoms with E-state index in [1.807, 2.05) is 13.1 Å². The summed E-state index contributed by atoms with van der Waals surface area (Å²) in [5, 5.41) is 0. The van der Waals surface area contributed by atoms with Crippen LogP contribution in [0.5, 0.6) is 0 Å². The maximum atomic E-state index is 4.65. The average Bonchev–Trinajstić information content (AvgIpc) is 2.37. The van der Waals surface area contributed by atoms with Gasteiger partial charge in [-0.15, -0.1) is 0 Å². The highest BCUT2D eigenvalue weighted by Crippen LogP contribution is 2.27. The summed E-state index contributed by atoms with van der Waals surface area (Å²) in [5.41, 5.74) is 3.69. The van der Waals surface area contributed by atoms with E-state index >= 15 is 0 Å². The summed E-state index contributed by atoms with van der Waals surface area (Å²) in [5.74, 6) is 1.80. The summed E-state index contributed by atoms with van der Waals surface area (Å²) in [6.07, 6.45) is 1.94. The molecule has 2 aromatic rings. The number of anilines is 2. The molecule has 0 fully saturated rings. The Balaban J connectivity index is 2.39. The van der Waals surface area contributed by atoms with Gasteiger partial charge in [0.15, 0.2) is 0 Å². The molecular weight excluding hydrogens is 314 g/mol. The number of hydrogen-bond donors (Lipinski definition) is 0. The Labute approximate surface area is 129 Å². The van der Waals surface area contributed by atoms with Gasteiger partial charge in [-0.1, -0.05) is 24.6 Å². The van der Waals surface area contributed by atoms with Crippen molar-refractivity contribution in [3.63, 3.8) is 0 Å². The van der Waals surface area contributed by atoms with Gasteiger partial charge in [-0.05, 0) is 47.8 Å². The van der Waals surface area contributed by atoms with Crippen LogP contribution in [-0.4, -0.2) is 17.0 Å². The van der Waals surface area contributed by atoms with Crippen molar-refractivity contribution >= 4 is 27.4 Å². The predicted molar refractivity (Wildman–Crippen MR) is 87.7 cm³/mol. The fourth-order valence-electron chi connectivity index (χ4n) is 2.26. The van der Waals surface area contributed by atoms with Crippen molar-refractivity contribution < 1.29 is 0 Å². The first kappa shape index (κ1) is 15.0. The van der Waals surface area contributed by atoms with Gasteiger partial charge >= 0.3 is 0 Å². The van der Waals surface area contributed by atoms with E-state index in [9.17, 15) is 0 Å². The van der Waals surface area contributed by atoms with E-state index in [1.165, 1.54) is 16.8 Å². The van der Waals surface area contributed by atoms with E-state index in [2.05, 4.69) is 69.8 Å². The molecule has 0 saturated heterocycles. The number of rotatable bonds is 4. The Kier molecular flexibility index (Phi) is 4.76. The zero-order valence-electron chi connectivity index (χ0n) is 12.4. The first-order chi connectivity index (χ1) is 9.51. The summed E-state index contributed by atoms with van der Waals surface area (Å²) in [6.45, 7) is 6.37. The Hall–Kier alpha value is -1.42. The molecule has 0 atom stereocenters. The molecule has 0 aliphatic carbocycles. The third-order valence-electron chi connectivity index (χ3n) is 3.26. The highest BCUT2D eigenvalue weighted by molar-refractivity contribution is 9.10. The lowest BCUT2D eigenvalue weighted by atomic mass is 10.1. The molecule has 106 valence electrons. The molecular formula is C16H20BrN3. The van der Waals surface area contributed by atoms with Crippen molar-refractivity contribution in [2.75, 3.05) is 11.9 Å². The molecule has 0 aliphatic rings. The summed E-state index contributed by atoms with van der Waals surface area (Å²) < 4.78 is 0.836. The lowest BCUT2D eigenvalue weighted by molar-refractivity contribution is 0.825. The van der Waals surface area contributed by atoms with Crippen LogP contribution in [0.2, 0.25) is 0 Å². The second kappa shape index (κ2) is 6.35. The van der Waals surface area contributed by atoms with Crippen molar-refractivity contribution in [3.05, 3.63) is 45.8 Å². The number of halogens is 1. The number of aromatic nitrogens is 2.